The number of nitrogens with one attached hydrogen (secondary N) is 1. The Morgan fingerprint density at radius 1 is 1.03 bits per heavy atom. The molecule has 1 aromatic heterocycles. The van der Waals surface area contributed by atoms with Gasteiger partial charge in [0.2, 0.25) is 0 Å². The first kappa shape index (κ1) is 22.3. The molecule has 32 heavy (non-hydrogen) atoms. The topological polar surface area (TPSA) is 82.6 Å². The summed E-state index contributed by atoms with van der Waals surface area (Å²) in [6, 6.07) is 11.9. The lowest BCUT2D eigenvalue weighted by molar-refractivity contribution is 0.0767. The second-order valence-corrected chi connectivity index (χ2v) is 10.4. The second-order valence-electron chi connectivity index (χ2n) is 7.90. The van der Waals surface area contributed by atoms with E-state index in [0.717, 1.165) is 30.2 Å². The summed E-state index contributed by atoms with van der Waals surface area (Å²) in [5.41, 5.74) is 2.53. The van der Waals surface area contributed by atoms with Crippen LogP contribution >= 0.6 is 11.3 Å². The fraction of sp³-hybridized carbons (Fsp3) is 0.304. The lowest BCUT2D eigenvalue weighted by Gasteiger charge is -2.22. The molecule has 1 saturated heterocycles. The predicted octanol–water partition coefficient (Wildman–Crippen LogP) is 3.91. The molecule has 9 heteroatoms. The molecule has 168 valence electrons. The van der Waals surface area contributed by atoms with E-state index in [4.69, 9.17) is 0 Å². The van der Waals surface area contributed by atoms with Crippen LogP contribution in [0.5, 0.6) is 0 Å². The number of anilines is 2. The van der Waals surface area contributed by atoms with E-state index in [1.165, 1.54) is 0 Å². The van der Waals surface area contributed by atoms with Crippen LogP contribution in [0.4, 0.5) is 10.8 Å². The lowest BCUT2D eigenvalue weighted by atomic mass is 10.2. The summed E-state index contributed by atoms with van der Waals surface area (Å²) in [5, 5.41) is 2.94. The minimum Gasteiger partial charge on any atom is -0.346 e. The number of hydrogen-bond acceptors (Lipinski definition) is 6. The van der Waals surface area contributed by atoms with E-state index in [2.05, 4.69) is 14.6 Å². The van der Waals surface area contributed by atoms with Crippen molar-refractivity contribution < 1.29 is 13.2 Å². The van der Waals surface area contributed by atoms with Gasteiger partial charge in [-0.15, -0.1) is 11.3 Å². The van der Waals surface area contributed by atoms with E-state index < -0.39 is 10.0 Å². The summed E-state index contributed by atoms with van der Waals surface area (Å²) in [5.74, 6) is -0.0464. The van der Waals surface area contributed by atoms with Gasteiger partial charge in [-0.05, 0) is 61.7 Å². The average molecular weight is 471 g/mol. The molecular formula is C23H26N4O3S2. The lowest BCUT2D eigenvalue weighted by Crippen LogP contribution is -2.35. The summed E-state index contributed by atoms with van der Waals surface area (Å²) in [4.78, 5) is 21.7. The Hall–Kier alpha value is -2.91. The zero-order valence-corrected chi connectivity index (χ0v) is 19.7. The highest BCUT2D eigenvalue weighted by molar-refractivity contribution is 7.92. The molecule has 0 bridgehead atoms. The van der Waals surface area contributed by atoms with E-state index in [-0.39, 0.29) is 10.8 Å². The van der Waals surface area contributed by atoms with E-state index >= 15 is 0 Å². The summed E-state index contributed by atoms with van der Waals surface area (Å²) < 4.78 is 28.2. The van der Waals surface area contributed by atoms with E-state index in [0.29, 0.717) is 29.9 Å². The van der Waals surface area contributed by atoms with Gasteiger partial charge in [0.25, 0.3) is 15.9 Å². The van der Waals surface area contributed by atoms with Crippen molar-refractivity contribution in [3.05, 3.63) is 70.7 Å². The average Bonchev–Trinajstić information content (AvgIpc) is 3.20. The van der Waals surface area contributed by atoms with Crippen molar-refractivity contribution in [1.29, 1.82) is 0 Å². The quantitative estimate of drug-likeness (QED) is 0.611. The Morgan fingerprint density at radius 2 is 1.81 bits per heavy atom. The molecule has 0 radical (unpaired) electrons. The van der Waals surface area contributed by atoms with Crippen molar-refractivity contribution in [1.82, 2.24) is 9.88 Å². The third kappa shape index (κ3) is 4.94. The van der Waals surface area contributed by atoms with Gasteiger partial charge in [0, 0.05) is 49.0 Å². The number of carbonyl (C=O) groups excluding carboxylic acids is 1. The molecule has 0 saturated carbocycles. The zero-order chi connectivity index (χ0) is 22.7. The summed E-state index contributed by atoms with van der Waals surface area (Å²) in [6.07, 6.45) is 2.67. The molecule has 0 spiro atoms. The fourth-order valence-corrected chi connectivity index (χ4v) is 5.84. The van der Waals surface area contributed by atoms with Crippen LogP contribution in [0.25, 0.3) is 0 Å². The first-order chi connectivity index (χ1) is 15.3. The van der Waals surface area contributed by atoms with E-state index in [9.17, 15) is 13.2 Å². The van der Waals surface area contributed by atoms with Crippen molar-refractivity contribution in [2.45, 2.75) is 25.2 Å². The molecule has 1 N–H and O–H groups in total. The van der Waals surface area contributed by atoms with Crippen molar-refractivity contribution in [2.24, 2.45) is 0 Å². The van der Waals surface area contributed by atoms with Crippen LogP contribution in [0.3, 0.4) is 0 Å². The molecule has 1 aliphatic rings. The molecule has 2 aromatic carbocycles. The first-order valence-electron chi connectivity index (χ1n) is 10.5. The van der Waals surface area contributed by atoms with Gasteiger partial charge in [-0.3, -0.25) is 9.52 Å². The predicted molar refractivity (Wildman–Crippen MR) is 128 cm³/mol. The maximum absolute atomic E-state index is 13.0. The molecule has 4 rings (SSSR count). The van der Waals surface area contributed by atoms with Crippen molar-refractivity contribution in [3.8, 4) is 0 Å². The Labute approximate surface area is 192 Å². The molecule has 0 unspecified atom stereocenters. The molecule has 1 fully saturated rings. The molecule has 7 nitrogen and oxygen atoms in total. The minimum absolute atomic E-state index is 0.0464. The number of amides is 1. The Balaban J connectivity index is 1.43. The molecule has 2 heterocycles. The highest BCUT2D eigenvalue weighted by Gasteiger charge is 2.22. The second kappa shape index (κ2) is 9.30. The molecule has 3 aromatic rings. The third-order valence-electron chi connectivity index (χ3n) is 5.49. The SMILES string of the molecule is Cc1ccc(C)c(S(=O)(=O)Nc2ccc(C(=O)N3CCCN(c4nccs4)CC3)cc2)c1. The van der Waals surface area contributed by atoms with Gasteiger partial charge in [0.1, 0.15) is 0 Å². The summed E-state index contributed by atoms with van der Waals surface area (Å²) in [6.45, 7) is 6.55. The van der Waals surface area contributed by atoms with Gasteiger partial charge in [-0.1, -0.05) is 12.1 Å². The van der Waals surface area contributed by atoms with Crippen molar-refractivity contribution in [3.63, 3.8) is 0 Å². The Kier molecular flexibility index (Phi) is 6.48. The molecule has 0 aliphatic carbocycles. The van der Waals surface area contributed by atoms with Gasteiger partial charge in [0.15, 0.2) is 5.13 Å². The first-order valence-corrected chi connectivity index (χ1v) is 12.8. The molecular weight excluding hydrogens is 444 g/mol. The van der Waals surface area contributed by atoms with Crippen LogP contribution < -0.4 is 9.62 Å². The van der Waals surface area contributed by atoms with Crippen LogP contribution in [0.2, 0.25) is 0 Å². The number of aromatic nitrogens is 1. The highest BCUT2D eigenvalue weighted by Crippen LogP contribution is 2.22. The van der Waals surface area contributed by atoms with Gasteiger partial charge in [-0.25, -0.2) is 13.4 Å². The monoisotopic (exact) mass is 470 g/mol. The highest BCUT2D eigenvalue weighted by atomic mass is 32.2. The Morgan fingerprint density at radius 3 is 2.53 bits per heavy atom. The third-order valence-corrected chi connectivity index (χ3v) is 7.85. The fourth-order valence-electron chi connectivity index (χ4n) is 3.75. The van der Waals surface area contributed by atoms with Gasteiger partial charge in [-0.2, -0.15) is 0 Å². The maximum Gasteiger partial charge on any atom is 0.262 e. The van der Waals surface area contributed by atoms with Crippen LogP contribution in [-0.2, 0) is 10.0 Å². The molecule has 1 aliphatic heterocycles. The Bertz CT molecular complexity index is 1190. The summed E-state index contributed by atoms with van der Waals surface area (Å²) in [7, 11) is -3.71. The largest absolute Gasteiger partial charge is 0.346 e. The number of carbonyl (C=O) groups is 1. The smallest absolute Gasteiger partial charge is 0.262 e. The number of aryl methyl sites for hydroxylation is 2. The molecule has 0 atom stereocenters. The number of nitrogens with zero attached hydrogens (tertiary/aromatic N) is 3. The number of thiazole rings is 1. The zero-order valence-electron chi connectivity index (χ0n) is 18.1. The van der Waals surface area contributed by atoms with Gasteiger partial charge < -0.3 is 9.80 Å². The number of rotatable bonds is 5. The van der Waals surface area contributed by atoms with Crippen molar-refractivity contribution in [2.75, 3.05) is 35.8 Å². The van der Waals surface area contributed by atoms with Crippen LogP contribution in [0.1, 0.15) is 27.9 Å². The molecule has 1 amide bonds. The normalized spacial score (nSPS) is 14.8. The van der Waals surface area contributed by atoms with Crippen molar-refractivity contribution >= 4 is 38.1 Å². The maximum atomic E-state index is 13.0. The number of hydrogen-bond donors (Lipinski definition) is 1. The van der Waals surface area contributed by atoms with Gasteiger partial charge >= 0.3 is 0 Å². The minimum atomic E-state index is -3.71. The standard InChI is InChI=1S/C23H26N4O3S2/c1-17-4-5-18(2)21(16-17)32(29,30)25-20-8-6-19(7-9-20)22(28)26-11-3-12-27(14-13-26)23-24-10-15-31-23/h4-10,15-16,25H,3,11-14H2,1-2H3. The van der Waals surface area contributed by atoms with Crippen LogP contribution in [0.15, 0.2) is 58.9 Å². The number of sulfonamides is 1. The van der Waals surface area contributed by atoms with Crippen LogP contribution in [0, 0.1) is 13.8 Å². The van der Waals surface area contributed by atoms with Gasteiger partial charge in [0.05, 0.1) is 4.90 Å². The summed E-state index contributed by atoms with van der Waals surface area (Å²) >= 11 is 1.61. The number of benzene rings is 2. The van der Waals surface area contributed by atoms with E-state index in [1.807, 2.05) is 23.3 Å². The van der Waals surface area contributed by atoms with Crippen LogP contribution in [-0.4, -0.2) is 50.4 Å². The van der Waals surface area contributed by atoms with E-state index in [1.54, 1.807) is 60.9 Å².